The third-order valence-electron chi connectivity index (χ3n) is 6.40. The van der Waals surface area contributed by atoms with Crippen LogP contribution in [0, 0.1) is 29.7 Å². The van der Waals surface area contributed by atoms with Crippen molar-refractivity contribution >= 4 is 5.65 Å². The van der Waals surface area contributed by atoms with Crippen molar-refractivity contribution in [3.8, 4) is 29.3 Å². The van der Waals surface area contributed by atoms with E-state index in [1.807, 2.05) is 43.5 Å². The summed E-state index contributed by atoms with van der Waals surface area (Å²) in [5.74, 6) is 0.522. The second-order valence-electron chi connectivity index (χ2n) is 8.45. The number of imidazole rings is 1. The molecular weight excluding hydrogens is 428 g/mol. The van der Waals surface area contributed by atoms with Gasteiger partial charge in [0.2, 0.25) is 5.88 Å². The third kappa shape index (κ3) is 3.82. The summed E-state index contributed by atoms with van der Waals surface area (Å²) < 4.78 is 10.1. The van der Waals surface area contributed by atoms with Crippen LogP contribution >= 0.6 is 0 Å². The summed E-state index contributed by atoms with van der Waals surface area (Å²) in [5, 5.41) is 23.4. The molecule has 0 aromatic carbocycles. The largest absolute Gasteiger partial charge is 0.469 e. The van der Waals surface area contributed by atoms with Gasteiger partial charge in [0.25, 0.3) is 0 Å². The lowest BCUT2D eigenvalue weighted by Crippen LogP contribution is -2.31. The quantitative estimate of drug-likeness (QED) is 0.421. The minimum absolute atomic E-state index is 0.263. The third-order valence-corrected chi connectivity index (χ3v) is 6.40. The fourth-order valence-electron chi connectivity index (χ4n) is 4.54. The van der Waals surface area contributed by atoms with Crippen LogP contribution in [0.5, 0.6) is 5.88 Å². The Morgan fingerprint density at radius 1 is 1.12 bits per heavy atom. The summed E-state index contributed by atoms with van der Waals surface area (Å²) in [6.07, 6.45) is 8.84. The molecular formula is C25H24N8O. The van der Waals surface area contributed by atoms with E-state index in [0.717, 1.165) is 48.4 Å². The zero-order chi connectivity index (χ0) is 23.7. The summed E-state index contributed by atoms with van der Waals surface area (Å²) in [7, 11) is 0. The summed E-state index contributed by atoms with van der Waals surface area (Å²) in [6, 6.07) is 12.0. The molecule has 1 saturated heterocycles. The molecule has 1 aliphatic rings. The number of aromatic nitrogens is 5. The van der Waals surface area contributed by atoms with Gasteiger partial charge in [0, 0.05) is 36.6 Å². The SMILES string of the molecule is Cc1c(-c2cc(O[C@H](C)c3ccccn3)n3c(C#N)cnc3c2)cnn1C1CCN(C#N)CC1. The maximum Gasteiger partial charge on any atom is 0.201 e. The molecule has 4 aromatic rings. The number of fused-ring (bicyclic) bond motifs is 1. The Bertz CT molecular complexity index is 1400. The fourth-order valence-corrected chi connectivity index (χ4v) is 4.54. The molecule has 0 spiro atoms. The van der Waals surface area contributed by atoms with Gasteiger partial charge in [0.05, 0.1) is 24.1 Å². The van der Waals surface area contributed by atoms with Crippen LogP contribution in [0.15, 0.2) is 48.9 Å². The van der Waals surface area contributed by atoms with Crippen molar-refractivity contribution in [3.63, 3.8) is 0 Å². The lowest BCUT2D eigenvalue weighted by molar-refractivity contribution is 0.210. The first-order valence-corrected chi connectivity index (χ1v) is 11.3. The molecule has 5 heterocycles. The van der Waals surface area contributed by atoms with E-state index >= 15 is 0 Å². The molecule has 0 N–H and O–H groups in total. The summed E-state index contributed by atoms with van der Waals surface area (Å²) >= 11 is 0. The van der Waals surface area contributed by atoms with Gasteiger partial charge in [-0.3, -0.25) is 14.1 Å². The van der Waals surface area contributed by atoms with Crippen LogP contribution in [0.1, 0.15) is 49.0 Å². The number of pyridine rings is 2. The van der Waals surface area contributed by atoms with E-state index < -0.39 is 0 Å². The molecule has 5 rings (SSSR count). The predicted octanol–water partition coefficient (Wildman–Crippen LogP) is 4.03. The summed E-state index contributed by atoms with van der Waals surface area (Å²) in [6.45, 7) is 5.49. The Balaban J connectivity index is 1.52. The maximum atomic E-state index is 9.60. The first kappa shape index (κ1) is 21.5. The number of hydrogen-bond donors (Lipinski definition) is 0. The summed E-state index contributed by atoms with van der Waals surface area (Å²) in [5.41, 5.74) is 4.79. The first-order chi connectivity index (χ1) is 16.6. The normalized spacial score (nSPS) is 15.1. The van der Waals surface area contributed by atoms with E-state index in [1.54, 1.807) is 21.7 Å². The molecule has 34 heavy (non-hydrogen) atoms. The number of hydrogen-bond acceptors (Lipinski definition) is 7. The highest BCUT2D eigenvalue weighted by Crippen LogP contribution is 2.33. The molecule has 0 amide bonds. The minimum Gasteiger partial charge on any atom is -0.469 e. The van der Waals surface area contributed by atoms with Crippen molar-refractivity contribution in [1.29, 1.82) is 10.5 Å². The van der Waals surface area contributed by atoms with Gasteiger partial charge in [-0.25, -0.2) is 4.98 Å². The zero-order valence-electron chi connectivity index (χ0n) is 19.1. The number of rotatable bonds is 5. The molecule has 9 nitrogen and oxygen atoms in total. The molecule has 0 saturated carbocycles. The molecule has 170 valence electrons. The lowest BCUT2D eigenvalue weighted by atomic mass is 10.0. The number of nitriles is 2. The van der Waals surface area contributed by atoms with Gasteiger partial charge in [-0.15, -0.1) is 0 Å². The first-order valence-electron chi connectivity index (χ1n) is 11.3. The van der Waals surface area contributed by atoms with Gasteiger partial charge in [0.15, 0.2) is 6.19 Å². The molecule has 9 heteroatoms. The Kier molecular flexibility index (Phi) is 5.60. The van der Waals surface area contributed by atoms with Crippen molar-refractivity contribution in [1.82, 2.24) is 29.0 Å². The van der Waals surface area contributed by atoms with Crippen molar-refractivity contribution in [2.75, 3.05) is 13.1 Å². The minimum atomic E-state index is -0.317. The monoisotopic (exact) mass is 452 g/mol. The molecule has 0 aliphatic carbocycles. The van der Waals surface area contributed by atoms with E-state index in [4.69, 9.17) is 15.1 Å². The molecule has 0 bridgehead atoms. The standard InChI is InChI=1S/C25H24N8O/c1-17-22(15-30-33(17)20-6-9-31(16-27)10-7-20)19-11-24-29-14-21(13-26)32(24)25(12-19)34-18(2)23-5-3-4-8-28-23/h3-5,8,11-12,14-15,18,20H,6-7,9-10H2,1-2H3/t18-/m1/s1. The second kappa shape index (κ2) is 8.87. The number of ether oxygens (including phenoxy) is 1. The van der Waals surface area contributed by atoms with E-state index in [9.17, 15) is 5.26 Å². The average Bonchev–Trinajstić information content (AvgIpc) is 3.48. The topological polar surface area (TPSA) is 108 Å². The van der Waals surface area contributed by atoms with Crippen LogP contribution in [0.3, 0.4) is 0 Å². The molecule has 1 aliphatic heterocycles. The highest BCUT2D eigenvalue weighted by atomic mass is 16.5. The van der Waals surface area contributed by atoms with Crippen LogP contribution in [-0.2, 0) is 0 Å². The average molecular weight is 453 g/mol. The number of piperidine rings is 1. The Morgan fingerprint density at radius 2 is 1.94 bits per heavy atom. The fraction of sp³-hybridized carbons (Fsp3) is 0.320. The Hall–Kier alpha value is -4.37. The molecule has 1 fully saturated rings. The van der Waals surface area contributed by atoms with Crippen molar-refractivity contribution in [2.24, 2.45) is 0 Å². The van der Waals surface area contributed by atoms with Crippen molar-refractivity contribution < 1.29 is 4.74 Å². The van der Waals surface area contributed by atoms with E-state index in [0.29, 0.717) is 17.2 Å². The zero-order valence-corrected chi connectivity index (χ0v) is 19.1. The van der Waals surface area contributed by atoms with Crippen molar-refractivity contribution in [2.45, 2.75) is 38.8 Å². The van der Waals surface area contributed by atoms with Crippen LogP contribution < -0.4 is 4.74 Å². The Labute approximate surface area is 197 Å². The highest BCUT2D eigenvalue weighted by Gasteiger charge is 2.24. The van der Waals surface area contributed by atoms with Crippen LogP contribution in [-0.4, -0.2) is 42.1 Å². The molecule has 1 atom stereocenters. The van der Waals surface area contributed by atoms with Gasteiger partial charge < -0.3 is 9.64 Å². The van der Waals surface area contributed by atoms with Gasteiger partial charge in [-0.1, -0.05) is 6.07 Å². The Morgan fingerprint density at radius 3 is 2.65 bits per heavy atom. The van der Waals surface area contributed by atoms with Crippen molar-refractivity contribution in [3.05, 3.63) is 66.0 Å². The number of nitrogens with zero attached hydrogens (tertiary/aromatic N) is 8. The van der Waals surface area contributed by atoms with E-state index in [2.05, 4.69) is 33.8 Å². The lowest BCUT2D eigenvalue weighted by Gasteiger charge is -2.29. The van der Waals surface area contributed by atoms with Crippen LogP contribution in [0.2, 0.25) is 0 Å². The second-order valence-corrected chi connectivity index (χ2v) is 8.45. The smallest absolute Gasteiger partial charge is 0.201 e. The molecule has 4 aromatic heterocycles. The molecule has 0 radical (unpaired) electrons. The number of likely N-dealkylation sites (tertiary alicyclic amines) is 1. The summed E-state index contributed by atoms with van der Waals surface area (Å²) in [4.78, 5) is 10.6. The van der Waals surface area contributed by atoms with Crippen LogP contribution in [0.25, 0.3) is 16.8 Å². The van der Waals surface area contributed by atoms with Gasteiger partial charge in [-0.05, 0) is 50.5 Å². The van der Waals surface area contributed by atoms with Crippen LogP contribution in [0.4, 0.5) is 0 Å². The van der Waals surface area contributed by atoms with E-state index in [-0.39, 0.29) is 12.1 Å². The predicted molar refractivity (Wildman–Crippen MR) is 125 cm³/mol. The van der Waals surface area contributed by atoms with E-state index in [1.165, 1.54) is 0 Å². The molecule has 0 unspecified atom stereocenters. The maximum absolute atomic E-state index is 9.60. The van der Waals surface area contributed by atoms with Gasteiger partial charge >= 0.3 is 0 Å². The highest BCUT2D eigenvalue weighted by molar-refractivity contribution is 5.71. The van der Waals surface area contributed by atoms with Gasteiger partial charge in [0.1, 0.15) is 23.5 Å². The van der Waals surface area contributed by atoms with Gasteiger partial charge in [-0.2, -0.15) is 15.6 Å².